The zero-order valence-corrected chi connectivity index (χ0v) is 9.59. The van der Waals surface area contributed by atoms with Crippen molar-refractivity contribution in [3.63, 3.8) is 0 Å². The van der Waals surface area contributed by atoms with Crippen LogP contribution in [0.25, 0.3) is 0 Å². The van der Waals surface area contributed by atoms with Crippen molar-refractivity contribution in [3.8, 4) is 0 Å². The molecule has 0 aromatic rings. The fourth-order valence-corrected chi connectivity index (χ4v) is 1.39. The molecule has 0 saturated heterocycles. The molecule has 0 radical (unpaired) electrons. The lowest BCUT2D eigenvalue weighted by Gasteiger charge is -2.31. The van der Waals surface area contributed by atoms with Gasteiger partial charge >= 0.3 is 0 Å². The van der Waals surface area contributed by atoms with Gasteiger partial charge in [-0.25, -0.2) is 0 Å². The summed E-state index contributed by atoms with van der Waals surface area (Å²) in [6, 6.07) is 0.532. The third kappa shape index (κ3) is 3.21. The maximum atomic E-state index is 11.8. The molecule has 0 heterocycles. The minimum absolute atomic E-state index is 0.146. The third-order valence-electron chi connectivity index (χ3n) is 2.12. The zero-order valence-electron chi connectivity index (χ0n) is 9.59. The van der Waals surface area contributed by atoms with E-state index < -0.39 is 0 Å². The van der Waals surface area contributed by atoms with Crippen LogP contribution in [0.3, 0.4) is 0 Å². The number of hydrogen-bond acceptors (Lipinski definition) is 1. The highest BCUT2D eigenvalue weighted by atomic mass is 16.2. The quantitative estimate of drug-likeness (QED) is 0.616. The lowest BCUT2D eigenvalue weighted by molar-refractivity contribution is -0.130. The topological polar surface area (TPSA) is 20.3 Å². The molecular weight excluding hydrogens is 162 g/mol. The minimum atomic E-state index is 0.146. The predicted molar refractivity (Wildman–Crippen MR) is 56.5 cm³/mol. The Hall–Kier alpha value is -0.790. The molecule has 0 aromatic carbocycles. The van der Waals surface area contributed by atoms with Crippen LogP contribution in [0.1, 0.15) is 41.5 Å². The van der Waals surface area contributed by atoms with Crippen LogP contribution in [0.4, 0.5) is 0 Å². The van der Waals surface area contributed by atoms with Crippen molar-refractivity contribution in [2.45, 2.75) is 53.6 Å². The second-order valence-corrected chi connectivity index (χ2v) is 3.87. The second-order valence-electron chi connectivity index (χ2n) is 3.87. The summed E-state index contributed by atoms with van der Waals surface area (Å²) >= 11 is 0. The Kier molecular flexibility index (Phi) is 4.74. The monoisotopic (exact) mass is 183 g/mol. The van der Waals surface area contributed by atoms with Gasteiger partial charge in [0.15, 0.2) is 0 Å². The van der Waals surface area contributed by atoms with Crippen molar-refractivity contribution in [1.82, 2.24) is 4.90 Å². The highest BCUT2D eigenvalue weighted by molar-refractivity contribution is 5.93. The molecular formula is C11H21NO. The fourth-order valence-electron chi connectivity index (χ4n) is 1.39. The third-order valence-corrected chi connectivity index (χ3v) is 2.12. The van der Waals surface area contributed by atoms with E-state index in [1.807, 2.05) is 52.5 Å². The van der Waals surface area contributed by atoms with E-state index >= 15 is 0 Å². The first-order valence-corrected chi connectivity index (χ1v) is 4.87. The van der Waals surface area contributed by atoms with Gasteiger partial charge in [0.1, 0.15) is 0 Å². The molecule has 13 heavy (non-hydrogen) atoms. The van der Waals surface area contributed by atoms with Crippen LogP contribution in [0.15, 0.2) is 11.6 Å². The van der Waals surface area contributed by atoms with E-state index in [0.717, 1.165) is 5.57 Å². The number of carbonyl (C=O) groups excluding carboxylic acids is 1. The molecule has 0 atom stereocenters. The van der Waals surface area contributed by atoms with E-state index in [2.05, 4.69) is 0 Å². The van der Waals surface area contributed by atoms with E-state index in [4.69, 9.17) is 0 Å². The van der Waals surface area contributed by atoms with Gasteiger partial charge in [0.25, 0.3) is 0 Å². The van der Waals surface area contributed by atoms with Gasteiger partial charge in [0.05, 0.1) is 0 Å². The fraction of sp³-hybridized carbons (Fsp3) is 0.727. The molecule has 0 spiro atoms. The Morgan fingerprint density at radius 1 is 1.15 bits per heavy atom. The average Bonchev–Trinajstić information content (AvgIpc) is 2.01. The normalized spacial score (nSPS) is 12.5. The smallest absolute Gasteiger partial charge is 0.249 e. The minimum Gasteiger partial charge on any atom is -0.334 e. The number of carbonyl (C=O) groups is 1. The summed E-state index contributed by atoms with van der Waals surface area (Å²) in [6.45, 7) is 11.9. The molecule has 2 heteroatoms. The Bertz CT molecular complexity index is 196. The van der Waals surface area contributed by atoms with Crippen LogP contribution < -0.4 is 0 Å². The van der Waals surface area contributed by atoms with E-state index in [-0.39, 0.29) is 18.0 Å². The molecule has 0 aliphatic rings. The molecule has 0 rings (SSSR count). The molecule has 0 fully saturated rings. The molecule has 0 aromatic heterocycles. The molecule has 0 N–H and O–H groups in total. The number of hydrogen-bond donors (Lipinski definition) is 0. The Balaban J connectivity index is 4.67. The lowest BCUT2D eigenvalue weighted by atomic mass is 10.1. The van der Waals surface area contributed by atoms with Crippen LogP contribution in [0.5, 0.6) is 0 Å². The van der Waals surface area contributed by atoms with Crippen molar-refractivity contribution in [3.05, 3.63) is 11.6 Å². The van der Waals surface area contributed by atoms with Gasteiger partial charge in [-0.2, -0.15) is 0 Å². The van der Waals surface area contributed by atoms with Crippen molar-refractivity contribution in [1.29, 1.82) is 0 Å². The summed E-state index contributed by atoms with van der Waals surface area (Å²) < 4.78 is 0. The van der Waals surface area contributed by atoms with E-state index in [1.165, 1.54) is 0 Å². The first-order valence-electron chi connectivity index (χ1n) is 4.87. The maximum absolute atomic E-state index is 11.8. The number of amides is 1. The average molecular weight is 183 g/mol. The summed E-state index contributed by atoms with van der Waals surface area (Å²) in [5, 5.41) is 0. The van der Waals surface area contributed by atoms with Crippen LogP contribution in [0, 0.1) is 0 Å². The van der Waals surface area contributed by atoms with E-state index in [0.29, 0.717) is 0 Å². The number of allylic oxidation sites excluding steroid dienone is 1. The molecule has 0 bridgehead atoms. The SMILES string of the molecule is C/C=C(\C)C(=O)N(C(C)C)C(C)C. The first-order chi connectivity index (χ1) is 5.91. The first kappa shape index (κ1) is 12.2. The summed E-state index contributed by atoms with van der Waals surface area (Å²) in [4.78, 5) is 13.7. The molecule has 2 nitrogen and oxygen atoms in total. The van der Waals surface area contributed by atoms with E-state index in [1.54, 1.807) is 0 Å². The summed E-state index contributed by atoms with van der Waals surface area (Å²) in [5.41, 5.74) is 0.822. The van der Waals surface area contributed by atoms with Crippen molar-refractivity contribution < 1.29 is 4.79 Å². The Labute approximate surface area is 81.6 Å². The largest absolute Gasteiger partial charge is 0.334 e. The number of rotatable bonds is 3. The van der Waals surface area contributed by atoms with Gasteiger partial charge in [-0.05, 0) is 41.5 Å². The molecule has 0 aliphatic carbocycles. The molecule has 0 aliphatic heterocycles. The highest BCUT2D eigenvalue weighted by Gasteiger charge is 2.20. The maximum Gasteiger partial charge on any atom is 0.249 e. The number of nitrogens with zero attached hydrogens (tertiary/aromatic N) is 1. The molecule has 0 saturated carbocycles. The van der Waals surface area contributed by atoms with Gasteiger partial charge in [-0.3, -0.25) is 4.79 Å². The van der Waals surface area contributed by atoms with Gasteiger partial charge < -0.3 is 4.90 Å². The standard InChI is InChI=1S/C11H21NO/c1-7-10(6)11(13)12(8(2)3)9(4)5/h7-9H,1-6H3/b10-7+. The van der Waals surface area contributed by atoms with Crippen LogP contribution >= 0.6 is 0 Å². The lowest BCUT2D eigenvalue weighted by Crippen LogP contribution is -2.42. The van der Waals surface area contributed by atoms with Crippen LogP contribution in [0.2, 0.25) is 0 Å². The second kappa shape index (κ2) is 5.05. The van der Waals surface area contributed by atoms with Gasteiger partial charge in [0, 0.05) is 17.7 Å². The van der Waals surface area contributed by atoms with Gasteiger partial charge in [-0.1, -0.05) is 6.08 Å². The highest BCUT2D eigenvalue weighted by Crippen LogP contribution is 2.10. The summed E-state index contributed by atoms with van der Waals surface area (Å²) in [5.74, 6) is 0.146. The molecule has 1 amide bonds. The Morgan fingerprint density at radius 3 is 1.77 bits per heavy atom. The van der Waals surface area contributed by atoms with Crippen molar-refractivity contribution >= 4 is 5.91 Å². The molecule has 76 valence electrons. The molecule has 0 unspecified atom stereocenters. The van der Waals surface area contributed by atoms with Crippen LogP contribution in [-0.4, -0.2) is 22.9 Å². The van der Waals surface area contributed by atoms with E-state index in [9.17, 15) is 4.79 Å². The van der Waals surface area contributed by atoms with Crippen LogP contribution in [-0.2, 0) is 4.79 Å². The Morgan fingerprint density at radius 2 is 1.54 bits per heavy atom. The van der Waals surface area contributed by atoms with Crippen molar-refractivity contribution in [2.75, 3.05) is 0 Å². The summed E-state index contributed by atoms with van der Waals surface area (Å²) in [7, 11) is 0. The van der Waals surface area contributed by atoms with Gasteiger partial charge in [0.2, 0.25) is 5.91 Å². The van der Waals surface area contributed by atoms with Crippen molar-refractivity contribution in [2.24, 2.45) is 0 Å². The predicted octanol–water partition coefficient (Wildman–Crippen LogP) is 2.60. The van der Waals surface area contributed by atoms with Gasteiger partial charge in [-0.15, -0.1) is 0 Å². The summed E-state index contributed by atoms with van der Waals surface area (Å²) in [6.07, 6.45) is 1.86. The zero-order chi connectivity index (χ0) is 10.6.